The molecule has 1 fully saturated rings. The maximum atomic E-state index is 12.0. The highest BCUT2D eigenvalue weighted by Crippen LogP contribution is 2.58. The van der Waals surface area contributed by atoms with E-state index in [1.165, 1.54) is 0 Å². The highest BCUT2D eigenvalue weighted by atomic mass is 16.4. The van der Waals surface area contributed by atoms with Gasteiger partial charge >= 0.3 is 5.97 Å². The summed E-state index contributed by atoms with van der Waals surface area (Å²) in [5.74, 6) is -1.56. The van der Waals surface area contributed by atoms with Gasteiger partial charge in [0.05, 0.1) is 24.1 Å². The molecule has 19 heavy (non-hydrogen) atoms. The van der Waals surface area contributed by atoms with Gasteiger partial charge in [0.1, 0.15) is 5.82 Å². The Morgan fingerprint density at radius 2 is 2.11 bits per heavy atom. The molecule has 0 bridgehead atoms. The molecule has 2 N–H and O–H groups in total. The van der Waals surface area contributed by atoms with Crippen LogP contribution in [0.4, 0.5) is 0 Å². The molecule has 6 nitrogen and oxygen atoms in total. The van der Waals surface area contributed by atoms with Crippen molar-refractivity contribution in [2.24, 2.45) is 17.3 Å². The number of aryl methyl sites for hydroxylation is 1. The molecule has 0 spiro atoms. The summed E-state index contributed by atoms with van der Waals surface area (Å²) in [7, 11) is 0. The molecule has 2 rings (SSSR count). The molecule has 1 saturated carbocycles. The summed E-state index contributed by atoms with van der Waals surface area (Å²) in [4.78, 5) is 31.1. The van der Waals surface area contributed by atoms with E-state index in [9.17, 15) is 9.59 Å². The van der Waals surface area contributed by atoms with Crippen molar-refractivity contribution in [3.63, 3.8) is 0 Å². The predicted molar refractivity (Wildman–Crippen MR) is 67.0 cm³/mol. The Hall–Kier alpha value is -1.98. The second-order valence-electron chi connectivity index (χ2n) is 5.43. The van der Waals surface area contributed by atoms with E-state index < -0.39 is 23.2 Å². The molecular weight excluding hydrogens is 246 g/mol. The van der Waals surface area contributed by atoms with Crippen molar-refractivity contribution in [3.8, 4) is 0 Å². The van der Waals surface area contributed by atoms with Crippen LogP contribution < -0.4 is 5.32 Å². The van der Waals surface area contributed by atoms with Crippen molar-refractivity contribution in [1.29, 1.82) is 0 Å². The van der Waals surface area contributed by atoms with Crippen molar-refractivity contribution >= 4 is 11.9 Å². The summed E-state index contributed by atoms with van der Waals surface area (Å²) in [6.07, 6.45) is 1.63. The van der Waals surface area contributed by atoms with Gasteiger partial charge < -0.3 is 10.4 Å². The van der Waals surface area contributed by atoms with Crippen LogP contribution in [-0.4, -0.2) is 27.0 Å². The summed E-state index contributed by atoms with van der Waals surface area (Å²) >= 11 is 0. The monoisotopic (exact) mass is 263 g/mol. The van der Waals surface area contributed by atoms with E-state index in [0.717, 1.165) is 0 Å². The van der Waals surface area contributed by atoms with Gasteiger partial charge in [-0.3, -0.25) is 9.59 Å². The first kappa shape index (κ1) is 13.5. The first-order valence-corrected chi connectivity index (χ1v) is 6.13. The summed E-state index contributed by atoms with van der Waals surface area (Å²) in [5.41, 5.74) is 0.239. The molecule has 6 heteroatoms. The van der Waals surface area contributed by atoms with Gasteiger partial charge in [0, 0.05) is 6.20 Å². The fraction of sp³-hybridized carbons (Fsp3) is 0.538. The quantitative estimate of drug-likeness (QED) is 0.836. The van der Waals surface area contributed by atoms with Crippen molar-refractivity contribution in [2.45, 2.75) is 27.3 Å². The number of carbonyl (C=O) groups is 2. The van der Waals surface area contributed by atoms with Crippen LogP contribution in [0, 0.1) is 24.2 Å². The van der Waals surface area contributed by atoms with Crippen molar-refractivity contribution < 1.29 is 14.7 Å². The molecule has 1 aromatic rings. The largest absolute Gasteiger partial charge is 0.481 e. The SMILES string of the molecule is Cc1nccc(CNC(=O)[C@H]2[C@@H](C(=O)O)C2(C)C)n1. The molecule has 1 aliphatic rings. The molecule has 1 aliphatic carbocycles. The van der Waals surface area contributed by atoms with Crippen LogP contribution in [0.5, 0.6) is 0 Å². The molecule has 102 valence electrons. The smallest absolute Gasteiger partial charge is 0.307 e. The zero-order chi connectivity index (χ0) is 14.2. The minimum Gasteiger partial charge on any atom is -0.481 e. The molecule has 1 amide bonds. The Labute approximate surface area is 111 Å². The lowest BCUT2D eigenvalue weighted by Crippen LogP contribution is -2.27. The number of carboxylic acids is 1. The predicted octanol–water partition coefficient (Wildman–Crippen LogP) is 0.758. The maximum Gasteiger partial charge on any atom is 0.307 e. The molecule has 1 heterocycles. The molecule has 0 saturated heterocycles. The number of carbonyl (C=O) groups excluding carboxylic acids is 1. The van der Waals surface area contributed by atoms with E-state index in [2.05, 4.69) is 15.3 Å². The molecule has 2 atom stereocenters. The van der Waals surface area contributed by atoms with Gasteiger partial charge in [0.25, 0.3) is 0 Å². The summed E-state index contributed by atoms with van der Waals surface area (Å²) in [6.45, 7) is 5.66. The topological polar surface area (TPSA) is 92.2 Å². The van der Waals surface area contributed by atoms with Crippen molar-refractivity contribution in [2.75, 3.05) is 0 Å². The normalized spacial score (nSPS) is 23.7. The lowest BCUT2D eigenvalue weighted by molar-refractivity contribution is -0.140. The number of hydrogen-bond donors (Lipinski definition) is 2. The lowest BCUT2D eigenvalue weighted by atomic mass is 10.1. The third kappa shape index (κ3) is 2.57. The second-order valence-corrected chi connectivity index (χ2v) is 5.43. The number of nitrogens with one attached hydrogen (secondary N) is 1. The Kier molecular flexibility index (Phi) is 3.26. The van der Waals surface area contributed by atoms with E-state index in [0.29, 0.717) is 18.1 Å². The van der Waals surface area contributed by atoms with E-state index in [1.807, 2.05) is 0 Å². The van der Waals surface area contributed by atoms with E-state index in [1.54, 1.807) is 33.0 Å². The van der Waals surface area contributed by atoms with E-state index in [4.69, 9.17) is 5.11 Å². The number of carboxylic acid groups (broad SMARTS) is 1. The highest BCUT2D eigenvalue weighted by Gasteiger charge is 2.65. The fourth-order valence-electron chi connectivity index (χ4n) is 2.48. The number of hydrogen-bond acceptors (Lipinski definition) is 4. The second kappa shape index (κ2) is 4.60. The van der Waals surface area contributed by atoms with E-state index >= 15 is 0 Å². The Balaban J connectivity index is 1.95. The van der Waals surface area contributed by atoms with Gasteiger partial charge in [-0.1, -0.05) is 13.8 Å². The third-order valence-electron chi connectivity index (χ3n) is 3.65. The van der Waals surface area contributed by atoms with Crippen molar-refractivity contribution in [3.05, 3.63) is 23.8 Å². The average molecular weight is 263 g/mol. The standard InChI is InChI=1S/C13H17N3O3/c1-7-14-5-4-8(16-7)6-15-11(17)9-10(12(18)19)13(9,2)3/h4-5,9-10H,6H2,1-3H3,(H,15,17)(H,18,19)/t9-,10+/m1/s1. The van der Waals surface area contributed by atoms with E-state index in [-0.39, 0.29) is 5.91 Å². The molecule has 0 aliphatic heterocycles. The van der Waals surface area contributed by atoms with Crippen LogP contribution in [0.1, 0.15) is 25.4 Å². The molecule has 0 unspecified atom stereocenters. The number of nitrogens with zero attached hydrogens (tertiary/aromatic N) is 2. The van der Waals surface area contributed by atoms with Crippen LogP contribution in [0.2, 0.25) is 0 Å². The van der Waals surface area contributed by atoms with Gasteiger partial charge in [0.15, 0.2) is 0 Å². The Bertz CT molecular complexity index is 528. The summed E-state index contributed by atoms with van der Waals surface area (Å²) in [5, 5.41) is 11.8. The van der Waals surface area contributed by atoms with Crippen LogP contribution >= 0.6 is 0 Å². The van der Waals surface area contributed by atoms with Gasteiger partial charge in [-0.15, -0.1) is 0 Å². The van der Waals surface area contributed by atoms with Gasteiger partial charge in [-0.2, -0.15) is 0 Å². The lowest BCUT2D eigenvalue weighted by Gasteiger charge is -2.05. The number of aromatic nitrogens is 2. The summed E-state index contributed by atoms with van der Waals surface area (Å²) < 4.78 is 0. The van der Waals surface area contributed by atoms with Crippen LogP contribution in [0.3, 0.4) is 0 Å². The first-order valence-electron chi connectivity index (χ1n) is 6.13. The number of amides is 1. The molecule has 1 aromatic heterocycles. The summed E-state index contributed by atoms with van der Waals surface area (Å²) in [6, 6.07) is 1.72. The van der Waals surface area contributed by atoms with Crippen LogP contribution in [0.15, 0.2) is 12.3 Å². The van der Waals surface area contributed by atoms with Crippen LogP contribution in [-0.2, 0) is 16.1 Å². The fourth-order valence-corrected chi connectivity index (χ4v) is 2.48. The minimum atomic E-state index is -0.914. The average Bonchev–Trinajstić information content (AvgIpc) is 2.90. The van der Waals surface area contributed by atoms with Gasteiger partial charge in [-0.05, 0) is 18.4 Å². The van der Waals surface area contributed by atoms with Crippen molar-refractivity contribution in [1.82, 2.24) is 15.3 Å². The zero-order valence-corrected chi connectivity index (χ0v) is 11.2. The zero-order valence-electron chi connectivity index (χ0n) is 11.2. The molecular formula is C13H17N3O3. The number of aliphatic carboxylic acids is 1. The van der Waals surface area contributed by atoms with Crippen LogP contribution in [0.25, 0.3) is 0 Å². The molecule has 0 radical (unpaired) electrons. The first-order chi connectivity index (χ1) is 8.84. The minimum absolute atomic E-state index is 0.228. The maximum absolute atomic E-state index is 12.0. The Morgan fingerprint density at radius 3 is 2.63 bits per heavy atom. The highest BCUT2D eigenvalue weighted by molar-refractivity contribution is 5.91. The van der Waals surface area contributed by atoms with Gasteiger partial charge in [0.2, 0.25) is 5.91 Å². The third-order valence-corrected chi connectivity index (χ3v) is 3.65. The van der Waals surface area contributed by atoms with Gasteiger partial charge in [-0.25, -0.2) is 9.97 Å². The molecule has 0 aromatic carbocycles. The number of rotatable bonds is 4. The Morgan fingerprint density at radius 1 is 1.42 bits per heavy atom.